The van der Waals surface area contributed by atoms with Gasteiger partial charge in [-0.25, -0.2) is 0 Å². The van der Waals surface area contributed by atoms with Crippen LogP contribution in [0.4, 0.5) is 0 Å². The van der Waals surface area contributed by atoms with Gasteiger partial charge in [0.05, 0.1) is 12.2 Å². The van der Waals surface area contributed by atoms with Gasteiger partial charge < -0.3 is 20.1 Å². The first kappa shape index (κ1) is 11.9. The van der Waals surface area contributed by atoms with Crippen molar-refractivity contribution in [2.75, 3.05) is 34.3 Å². The number of aliphatic hydroxyl groups excluding tert-OH is 1. The molecule has 84 valence electrons. The van der Waals surface area contributed by atoms with Crippen LogP contribution in [0.15, 0.2) is 0 Å². The lowest BCUT2D eigenvalue weighted by molar-refractivity contribution is 0.0129. The Labute approximate surface area is 86.2 Å². The third-order valence-corrected chi connectivity index (χ3v) is 2.65. The molecule has 0 saturated heterocycles. The van der Waals surface area contributed by atoms with Crippen LogP contribution in [-0.4, -0.2) is 62.6 Å². The Morgan fingerprint density at radius 1 is 1.50 bits per heavy atom. The number of likely N-dealkylation sites (N-methyl/N-ethyl adjacent to an activating group) is 1. The van der Waals surface area contributed by atoms with Crippen molar-refractivity contribution >= 4 is 0 Å². The normalized spacial score (nSPS) is 28.9. The Morgan fingerprint density at radius 2 is 2.14 bits per heavy atom. The zero-order valence-electron chi connectivity index (χ0n) is 9.36. The van der Waals surface area contributed by atoms with Gasteiger partial charge in [0.15, 0.2) is 0 Å². The maximum atomic E-state index is 9.58. The zero-order chi connectivity index (χ0) is 10.6. The molecule has 4 nitrogen and oxygen atoms in total. The predicted octanol–water partition coefficient (Wildman–Crippen LogP) is -0.324. The van der Waals surface area contributed by atoms with Crippen molar-refractivity contribution in [1.82, 2.24) is 10.2 Å². The molecule has 0 radical (unpaired) electrons. The van der Waals surface area contributed by atoms with E-state index in [2.05, 4.69) is 5.32 Å². The molecular formula is C10H22N2O2. The summed E-state index contributed by atoms with van der Waals surface area (Å²) in [4.78, 5) is 1.99. The van der Waals surface area contributed by atoms with E-state index in [4.69, 9.17) is 4.74 Å². The number of nitrogens with one attached hydrogen (secondary N) is 1. The maximum absolute atomic E-state index is 9.58. The van der Waals surface area contributed by atoms with Crippen molar-refractivity contribution < 1.29 is 9.84 Å². The predicted molar refractivity (Wildman–Crippen MR) is 56.4 cm³/mol. The number of nitrogens with zero attached hydrogens (tertiary/aromatic N) is 1. The van der Waals surface area contributed by atoms with Gasteiger partial charge in [-0.3, -0.25) is 0 Å². The number of hydrogen-bond donors (Lipinski definition) is 2. The molecule has 1 atom stereocenters. The second kappa shape index (κ2) is 5.66. The van der Waals surface area contributed by atoms with Gasteiger partial charge in [-0.2, -0.15) is 0 Å². The highest BCUT2D eigenvalue weighted by molar-refractivity contribution is 4.86. The lowest BCUT2D eigenvalue weighted by Gasteiger charge is -2.35. The van der Waals surface area contributed by atoms with E-state index in [1.807, 2.05) is 19.0 Å². The first-order valence-corrected chi connectivity index (χ1v) is 5.20. The van der Waals surface area contributed by atoms with Crippen molar-refractivity contribution in [3.63, 3.8) is 0 Å². The Kier molecular flexibility index (Phi) is 4.81. The molecule has 0 spiro atoms. The standard InChI is InChI=1S/C10H22N2O2/c1-12(2)7-9(13)6-11-8-4-10(5-8)14-3/h8-11,13H,4-7H2,1-3H3. The quantitative estimate of drug-likeness (QED) is 0.619. The molecule has 14 heavy (non-hydrogen) atoms. The summed E-state index contributed by atoms with van der Waals surface area (Å²) < 4.78 is 5.18. The highest BCUT2D eigenvalue weighted by atomic mass is 16.5. The highest BCUT2D eigenvalue weighted by Gasteiger charge is 2.28. The van der Waals surface area contributed by atoms with Crippen molar-refractivity contribution in [3.8, 4) is 0 Å². The molecule has 1 unspecified atom stereocenters. The van der Waals surface area contributed by atoms with E-state index in [0.717, 1.165) is 12.8 Å². The van der Waals surface area contributed by atoms with Gasteiger partial charge in [-0.15, -0.1) is 0 Å². The molecule has 1 fully saturated rings. The molecule has 0 aromatic rings. The average molecular weight is 202 g/mol. The summed E-state index contributed by atoms with van der Waals surface area (Å²) in [5.74, 6) is 0. The topological polar surface area (TPSA) is 44.7 Å². The van der Waals surface area contributed by atoms with E-state index in [1.165, 1.54) is 0 Å². The monoisotopic (exact) mass is 202 g/mol. The van der Waals surface area contributed by atoms with Crippen LogP contribution in [0.3, 0.4) is 0 Å². The summed E-state index contributed by atoms with van der Waals surface area (Å²) in [5.41, 5.74) is 0. The van der Waals surface area contributed by atoms with Gasteiger partial charge in [0, 0.05) is 26.2 Å². The third-order valence-electron chi connectivity index (χ3n) is 2.65. The Bertz CT molecular complexity index is 158. The van der Waals surface area contributed by atoms with E-state index in [9.17, 15) is 5.11 Å². The van der Waals surface area contributed by atoms with Crippen LogP contribution in [0.2, 0.25) is 0 Å². The summed E-state index contributed by atoms with van der Waals surface area (Å²) in [6.45, 7) is 1.40. The summed E-state index contributed by atoms with van der Waals surface area (Å²) in [6.07, 6.45) is 2.31. The molecule has 1 aliphatic rings. The number of hydrogen-bond acceptors (Lipinski definition) is 4. The Balaban J connectivity index is 1.99. The first-order valence-electron chi connectivity index (χ1n) is 5.20. The molecule has 0 amide bonds. The molecule has 2 N–H and O–H groups in total. The number of methoxy groups -OCH3 is 1. The van der Waals surface area contributed by atoms with Crippen molar-refractivity contribution in [2.24, 2.45) is 0 Å². The van der Waals surface area contributed by atoms with Gasteiger partial charge >= 0.3 is 0 Å². The molecule has 0 aromatic heterocycles. The van der Waals surface area contributed by atoms with Crippen LogP contribution < -0.4 is 5.32 Å². The van der Waals surface area contributed by atoms with Crippen LogP contribution in [0.1, 0.15) is 12.8 Å². The van der Waals surface area contributed by atoms with Crippen LogP contribution in [0.5, 0.6) is 0 Å². The second-order valence-electron chi connectivity index (χ2n) is 4.35. The molecule has 0 heterocycles. The minimum Gasteiger partial charge on any atom is -0.390 e. The molecule has 0 aromatic carbocycles. The smallest absolute Gasteiger partial charge is 0.0791 e. The third kappa shape index (κ3) is 3.92. The first-order chi connectivity index (χ1) is 6.61. The minimum atomic E-state index is -0.272. The lowest BCUT2D eigenvalue weighted by atomic mass is 9.89. The molecule has 1 rings (SSSR count). The fraction of sp³-hybridized carbons (Fsp3) is 1.00. The molecule has 0 bridgehead atoms. The summed E-state index contributed by atoms with van der Waals surface area (Å²) in [7, 11) is 5.68. The van der Waals surface area contributed by atoms with Gasteiger partial charge in [0.2, 0.25) is 0 Å². The largest absolute Gasteiger partial charge is 0.390 e. The number of ether oxygens (including phenoxy) is 1. The van der Waals surface area contributed by atoms with Gasteiger partial charge in [-0.05, 0) is 26.9 Å². The van der Waals surface area contributed by atoms with Crippen LogP contribution in [0.25, 0.3) is 0 Å². The van der Waals surface area contributed by atoms with Gasteiger partial charge in [0.1, 0.15) is 0 Å². The highest BCUT2D eigenvalue weighted by Crippen LogP contribution is 2.22. The molecule has 4 heteroatoms. The summed E-state index contributed by atoms with van der Waals surface area (Å²) >= 11 is 0. The SMILES string of the molecule is COC1CC(NCC(O)CN(C)C)C1. The molecular weight excluding hydrogens is 180 g/mol. The zero-order valence-corrected chi connectivity index (χ0v) is 9.36. The Hall–Kier alpha value is -0.160. The van der Waals surface area contributed by atoms with Crippen LogP contribution in [-0.2, 0) is 4.74 Å². The van der Waals surface area contributed by atoms with E-state index in [1.54, 1.807) is 7.11 Å². The fourth-order valence-corrected chi connectivity index (χ4v) is 1.71. The van der Waals surface area contributed by atoms with E-state index in [0.29, 0.717) is 25.2 Å². The van der Waals surface area contributed by atoms with Crippen molar-refractivity contribution in [1.29, 1.82) is 0 Å². The summed E-state index contributed by atoms with van der Waals surface area (Å²) in [6, 6.07) is 0.539. The number of aliphatic hydroxyl groups is 1. The maximum Gasteiger partial charge on any atom is 0.0791 e. The molecule has 0 aliphatic heterocycles. The van der Waals surface area contributed by atoms with Gasteiger partial charge in [-0.1, -0.05) is 0 Å². The van der Waals surface area contributed by atoms with E-state index in [-0.39, 0.29) is 6.10 Å². The van der Waals surface area contributed by atoms with Crippen LogP contribution in [0, 0.1) is 0 Å². The minimum absolute atomic E-state index is 0.272. The fourth-order valence-electron chi connectivity index (χ4n) is 1.71. The Morgan fingerprint density at radius 3 is 2.64 bits per heavy atom. The molecule has 1 aliphatic carbocycles. The molecule has 1 saturated carbocycles. The number of rotatable bonds is 6. The van der Waals surface area contributed by atoms with Crippen molar-refractivity contribution in [3.05, 3.63) is 0 Å². The lowest BCUT2D eigenvalue weighted by Crippen LogP contribution is -2.48. The van der Waals surface area contributed by atoms with Gasteiger partial charge in [0.25, 0.3) is 0 Å². The average Bonchev–Trinajstić information content (AvgIpc) is 2.00. The summed E-state index contributed by atoms with van der Waals surface area (Å²) in [5, 5.41) is 12.9. The van der Waals surface area contributed by atoms with Crippen LogP contribution >= 0.6 is 0 Å². The van der Waals surface area contributed by atoms with Crippen molar-refractivity contribution in [2.45, 2.75) is 31.1 Å². The second-order valence-corrected chi connectivity index (χ2v) is 4.35. The van der Waals surface area contributed by atoms with E-state index >= 15 is 0 Å². The van der Waals surface area contributed by atoms with E-state index < -0.39 is 0 Å².